The molecule has 0 spiro atoms. The van der Waals surface area contributed by atoms with Gasteiger partial charge in [-0.05, 0) is 46.2 Å². The Balaban J connectivity index is 1.92. The maximum absolute atomic E-state index is 14.9. The minimum Gasteiger partial charge on any atom is -0.494 e. The number of carbonyl (C=O) groups is 1. The van der Waals surface area contributed by atoms with Crippen LogP contribution in [-0.2, 0) is 20.6 Å². The third-order valence-corrected chi connectivity index (χ3v) is 6.05. The van der Waals surface area contributed by atoms with Gasteiger partial charge in [0.1, 0.15) is 36.5 Å². The van der Waals surface area contributed by atoms with Crippen LogP contribution in [0.2, 0.25) is 0 Å². The molecule has 0 radical (unpaired) electrons. The molecule has 4 N–H and O–H groups in total. The van der Waals surface area contributed by atoms with Gasteiger partial charge in [0.25, 0.3) is 0 Å². The highest BCUT2D eigenvalue weighted by Gasteiger charge is 2.56. The number of carbonyl (C=O) groups excluding carboxylic acids is 1. The fourth-order valence-electron chi connectivity index (χ4n) is 4.08. The number of aromatic nitrogens is 2. The summed E-state index contributed by atoms with van der Waals surface area (Å²) >= 11 is 0. The molecule has 212 valence electrons. The Bertz CT molecular complexity index is 1110. The van der Waals surface area contributed by atoms with Gasteiger partial charge in [0.15, 0.2) is 6.10 Å². The lowest BCUT2D eigenvalue weighted by Crippen LogP contribution is -2.67. The monoisotopic (exact) mass is 542 g/mol. The predicted octanol–water partition coefficient (Wildman–Crippen LogP) is 1.58. The van der Waals surface area contributed by atoms with Crippen molar-refractivity contribution in [2.75, 3.05) is 19.8 Å². The molecular weight excluding hydrogens is 507 g/mol. The first-order valence-electron chi connectivity index (χ1n) is 12.3. The maximum Gasteiger partial charge on any atom is 0.508 e. The second-order valence-corrected chi connectivity index (χ2v) is 9.08. The van der Waals surface area contributed by atoms with Gasteiger partial charge in [-0.2, -0.15) is 0 Å². The van der Waals surface area contributed by atoms with Gasteiger partial charge >= 0.3 is 12.1 Å². The molecule has 1 aliphatic rings. The highest BCUT2D eigenvalue weighted by molar-refractivity contribution is 5.59. The van der Waals surface area contributed by atoms with E-state index in [1.54, 1.807) is 37.6 Å². The van der Waals surface area contributed by atoms with E-state index in [1.807, 2.05) is 13.8 Å². The quantitative estimate of drug-likeness (QED) is 0.255. The molecule has 0 unspecified atom stereocenters. The summed E-state index contributed by atoms with van der Waals surface area (Å²) in [6, 6.07) is 4.29. The number of hydrogen-bond acceptors (Lipinski definition) is 11. The zero-order valence-electron chi connectivity index (χ0n) is 22.0. The molecule has 1 aromatic heterocycles. The van der Waals surface area contributed by atoms with E-state index in [1.165, 1.54) is 6.07 Å². The molecule has 1 fully saturated rings. The largest absolute Gasteiger partial charge is 0.508 e. The standard InChI is InChI=1S/C25H35FN2O10/c1-6-34-16-9-8-15(18(26)11-16)10-17-14(5)28(13(3)4)27-23(17)38-25(33)22(31)21(30)20(29)19(37-25)12-36-24(32)35-7-2/h8-9,11,13,19-22,29-31,33H,6-7,10,12H2,1-5H3/t19-,20-,21+,22-,25-/m1/s1. The number of nitrogens with zero attached hydrogens (tertiary/aromatic N) is 2. The lowest BCUT2D eigenvalue weighted by atomic mass is 9.97. The van der Waals surface area contributed by atoms with Crippen molar-refractivity contribution in [2.45, 2.75) is 77.5 Å². The molecule has 12 nitrogen and oxygen atoms in total. The van der Waals surface area contributed by atoms with Gasteiger partial charge in [-0.25, -0.2) is 9.18 Å². The molecule has 0 amide bonds. The molecule has 2 aromatic rings. The Hall–Kier alpha value is -2.97. The summed E-state index contributed by atoms with van der Waals surface area (Å²) in [4.78, 5) is 11.6. The normalized spacial score (nSPS) is 25.3. The third-order valence-electron chi connectivity index (χ3n) is 6.05. The van der Waals surface area contributed by atoms with Crippen molar-refractivity contribution in [1.29, 1.82) is 0 Å². The van der Waals surface area contributed by atoms with Crippen LogP contribution in [-0.4, -0.2) is 86.6 Å². The highest BCUT2D eigenvalue weighted by atomic mass is 19.1. The van der Waals surface area contributed by atoms with Gasteiger partial charge in [-0.1, -0.05) is 6.07 Å². The van der Waals surface area contributed by atoms with Gasteiger partial charge < -0.3 is 44.1 Å². The summed E-state index contributed by atoms with van der Waals surface area (Å²) < 4.78 is 42.3. The Morgan fingerprint density at radius 1 is 1.18 bits per heavy atom. The van der Waals surface area contributed by atoms with E-state index < -0.39 is 49.0 Å². The lowest BCUT2D eigenvalue weighted by molar-refractivity contribution is -0.423. The van der Waals surface area contributed by atoms with E-state index in [2.05, 4.69) is 9.84 Å². The van der Waals surface area contributed by atoms with E-state index in [9.17, 15) is 29.6 Å². The number of halogens is 1. The topological polar surface area (TPSA) is 162 Å². The molecule has 5 atom stereocenters. The molecule has 1 aromatic carbocycles. The SMILES string of the molecule is CCOC(=O)OC[C@H]1O[C@@](O)(Oc2nn(C(C)C)c(C)c2Cc2ccc(OCC)cc2F)[C@H](O)[C@@H](O)[C@@H]1O. The second-order valence-electron chi connectivity index (χ2n) is 9.08. The first kappa shape index (κ1) is 29.6. The number of benzene rings is 1. The minimum atomic E-state index is -2.91. The second kappa shape index (κ2) is 12.3. The Morgan fingerprint density at radius 3 is 2.50 bits per heavy atom. The van der Waals surface area contributed by atoms with E-state index in [0.717, 1.165) is 0 Å². The van der Waals surface area contributed by atoms with E-state index >= 15 is 0 Å². The molecule has 3 rings (SSSR count). The fraction of sp³-hybridized carbons (Fsp3) is 0.600. The van der Waals surface area contributed by atoms with Gasteiger partial charge in [-0.15, -0.1) is 5.10 Å². The average Bonchev–Trinajstić information content (AvgIpc) is 3.16. The number of hydrogen-bond donors (Lipinski definition) is 4. The summed E-state index contributed by atoms with van der Waals surface area (Å²) in [5.41, 5.74) is 1.27. The van der Waals surface area contributed by atoms with Crippen molar-refractivity contribution in [1.82, 2.24) is 9.78 Å². The Kier molecular flexibility index (Phi) is 9.54. The summed E-state index contributed by atoms with van der Waals surface area (Å²) in [5.74, 6) is -3.26. The van der Waals surface area contributed by atoms with Crippen molar-refractivity contribution in [3.05, 3.63) is 40.8 Å². The molecular formula is C25H35FN2O10. The van der Waals surface area contributed by atoms with Crippen LogP contribution >= 0.6 is 0 Å². The molecule has 0 bridgehead atoms. The number of ether oxygens (including phenoxy) is 5. The molecule has 0 aliphatic carbocycles. The summed E-state index contributed by atoms with van der Waals surface area (Å²) in [5, 5.41) is 46.7. The van der Waals surface area contributed by atoms with Crippen molar-refractivity contribution < 1.29 is 53.3 Å². The number of aliphatic hydroxyl groups is 4. The molecule has 2 heterocycles. The number of aliphatic hydroxyl groups excluding tert-OH is 3. The van der Waals surface area contributed by atoms with Crippen molar-refractivity contribution in [3.63, 3.8) is 0 Å². The van der Waals surface area contributed by atoms with Crippen LogP contribution in [0.5, 0.6) is 11.6 Å². The average molecular weight is 543 g/mol. The van der Waals surface area contributed by atoms with E-state index in [4.69, 9.17) is 18.9 Å². The van der Waals surface area contributed by atoms with E-state index in [0.29, 0.717) is 23.6 Å². The maximum atomic E-state index is 14.9. The molecule has 1 aliphatic heterocycles. The van der Waals surface area contributed by atoms with Crippen LogP contribution < -0.4 is 9.47 Å². The predicted molar refractivity (Wildman–Crippen MR) is 129 cm³/mol. The lowest BCUT2D eigenvalue weighted by Gasteiger charge is -2.44. The van der Waals surface area contributed by atoms with Crippen LogP contribution in [0, 0.1) is 12.7 Å². The first-order chi connectivity index (χ1) is 17.9. The van der Waals surface area contributed by atoms with Gasteiger partial charge in [0.2, 0.25) is 5.88 Å². The van der Waals surface area contributed by atoms with Gasteiger partial charge in [0.05, 0.1) is 13.2 Å². The van der Waals surface area contributed by atoms with Crippen LogP contribution in [0.3, 0.4) is 0 Å². The van der Waals surface area contributed by atoms with Crippen molar-refractivity contribution in [2.24, 2.45) is 0 Å². The molecule has 0 saturated carbocycles. The highest BCUT2D eigenvalue weighted by Crippen LogP contribution is 2.35. The minimum absolute atomic E-state index is 0.00111. The van der Waals surface area contributed by atoms with Gasteiger partial charge in [-0.3, -0.25) is 4.68 Å². The summed E-state index contributed by atoms with van der Waals surface area (Å²) in [6.45, 7) is 8.59. The van der Waals surface area contributed by atoms with Crippen LogP contribution in [0.1, 0.15) is 50.6 Å². The summed E-state index contributed by atoms with van der Waals surface area (Å²) in [6.07, 6.45) is -8.38. The van der Waals surface area contributed by atoms with Gasteiger partial charge in [0, 0.05) is 29.8 Å². The molecule has 1 saturated heterocycles. The Labute approximate surface area is 219 Å². The smallest absolute Gasteiger partial charge is 0.494 e. The van der Waals surface area contributed by atoms with Crippen molar-refractivity contribution >= 4 is 6.16 Å². The zero-order chi connectivity index (χ0) is 28.2. The Morgan fingerprint density at radius 2 is 1.89 bits per heavy atom. The van der Waals surface area contributed by atoms with Crippen LogP contribution in [0.15, 0.2) is 18.2 Å². The van der Waals surface area contributed by atoms with E-state index in [-0.39, 0.29) is 30.5 Å². The molecule has 38 heavy (non-hydrogen) atoms. The zero-order valence-corrected chi connectivity index (χ0v) is 22.0. The van der Waals surface area contributed by atoms with Crippen LogP contribution in [0.25, 0.3) is 0 Å². The third kappa shape index (κ3) is 6.35. The number of rotatable bonds is 10. The first-order valence-corrected chi connectivity index (χ1v) is 12.3. The molecule has 13 heteroatoms. The van der Waals surface area contributed by atoms with Crippen molar-refractivity contribution in [3.8, 4) is 11.6 Å². The fourth-order valence-corrected chi connectivity index (χ4v) is 4.08. The van der Waals surface area contributed by atoms with Crippen LogP contribution in [0.4, 0.5) is 9.18 Å². The summed E-state index contributed by atoms with van der Waals surface area (Å²) in [7, 11) is 0.